The zero-order chi connectivity index (χ0) is 15.8. The lowest BCUT2D eigenvalue weighted by Crippen LogP contribution is -2.42. The van der Waals surface area contributed by atoms with E-state index in [1.165, 1.54) is 11.1 Å². The summed E-state index contributed by atoms with van der Waals surface area (Å²) >= 11 is 0. The topological polar surface area (TPSA) is 26.3 Å². The van der Waals surface area contributed by atoms with E-state index in [0.717, 1.165) is 30.5 Å². The van der Waals surface area contributed by atoms with Crippen molar-refractivity contribution in [3.05, 3.63) is 59.8 Å². The third-order valence-electron chi connectivity index (χ3n) is 4.07. The maximum Gasteiger partial charge on any atom is 0.311 e. The van der Waals surface area contributed by atoms with Gasteiger partial charge in [0, 0.05) is 17.6 Å². The molecule has 0 saturated heterocycles. The van der Waals surface area contributed by atoms with E-state index in [4.69, 9.17) is 4.74 Å². The quantitative estimate of drug-likeness (QED) is 0.565. The van der Waals surface area contributed by atoms with E-state index in [2.05, 4.69) is 42.6 Å². The van der Waals surface area contributed by atoms with E-state index >= 15 is 0 Å². The summed E-state index contributed by atoms with van der Waals surface area (Å²) < 4.78 is 5.92. The summed E-state index contributed by atoms with van der Waals surface area (Å²) in [4.78, 5) is 11.7. The molecule has 1 unspecified atom stereocenters. The average Bonchev–Trinajstić information content (AvgIpc) is 2.90. The van der Waals surface area contributed by atoms with Gasteiger partial charge >= 0.3 is 5.97 Å². The van der Waals surface area contributed by atoms with Crippen LogP contribution in [0.3, 0.4) is 0 Å². The summed E-state index contributed by atoms with van der Waals surface area (Å²) in [5.41, 5.74) is 2.67. The molecule has 0 aromatic heterocycles. The number of ether oxygens (including phenoxy) is 1. The number of nitrogens with zero attached hydrogens (tertiary/aromatic N) is 1. The molecular formula is C19H26NO2+. The van der Waals surface area contributed by atoms with Crippen LogP contribution < -0.4 is 0 Å². The van der Waals surface area contributed by atoms with Gasteiger partial charge in [-0.25, -0.2) is 0 Å². The molecule has 118 valence electrons. The summed E-state index contributed by atoms with van der Waals surface area (Å²) in [5, 5.41) is 0. The molecule has 0 amide bonds. The van der Waals surface area contributed by atoms with Gasteiger partial charge in [-0.3, -0.25) is 9.28 Å². The van der Waals surface area contributed by atoms with Crippen LogP contribution in [-0.4, -0.2) is 30.1 Å². The first-order chi connectivity index (χ1) is 10.7. The Morgan fingerprint density at radius 3 is 2.77 bits per heavy atom. The molecule has 0 fully saturated rings. The first kappa shape index (κ1) is 16.5. The van der Waals surface area contributed by atoms with Crippen LogP contribution in [-0.2, 0) is 16.1 Å². The van der Waals surface area contributed by atoms with E-state index in [-0.39, 0.29) is 5.97 Å². The van der Waals surface area contributed by atoms with Crippen LogP contribution in [0.4, 0.5) is 0 Å². The number of benzene rings is 1. The first-order valence-corrected chi connectivity index (χ1v) is 8.07. The Kier molecular flexibility index (Phi) is 5.96. The minimum Gasteiger partial charge on any atom is -0.466 e. The van der Waals surface area contributed by atoms with Gasteiger partial charge in [0.05, 0.1) is 32.3 Å². The minimum atomic E-state index is -0.0963. The monoisotopic (exact) mass is 300 g/mol. The Bertz CT molecular complexity index is 548. The van der Waals surface area contributed by atoms with Crippen LogP contribution in [0.2, 0.25) is 0 Å². The van der Waals surface area contributed by atoms with Crippen LogP contribution in [0.1, 0.15) is 32.3 Å². The van der Waals surface area contributed by atoms with Crippen molar-refractivity contribution in [2.24, 2.45) is 0 Å². The van der Waals surface area contributed by atoms with Crippen molar-refractivity contribution in [1.29, 1.82) is 0 Å². The number of esters is 1. The summed E-state index contributed by atoms with van der Waals surface area (Å²) in [6.07, 6.45) is 8.13. The fourth-order valence-electron chi connectivity index (χ4n) is 3.05. The fourth-order valence-corrected chi connectivity index (χ4v) is 3.05. The van der Waals surface area contributed by atoms with Gasteiger partial charge in [0.25, 0.3) is 0 Å². The van der Waals surface area contributed by atoms with Gasteiger partial charge in [0.1, 0.15) is 6.54 Å². The normalized spacial score (nSPS) is 21.1. The maximum atomic E-state index is 11.7. The second kappa shape index (κ2) is 7.95. The van der Waals surface area contributed by atoms with Crippen molar-refractivity contribution < 1.29 is 14.0 Å². The fraction of sp³-hybridized carbons (Fsp3) is 0.421. The van der Waals surface area contributed by atoms with Gasteiger partial charge in [0.2, 0.25) is 0 Å². The molecule has 3 nitrogen and oxygen atoms in total. The van der Waals surface area contributed by atoms with Crippen molar-refractivity contribution in [2.45, 2.75) is 33.2 Å². The molecule has 1 aliphatic rings. The number of hydrogen-bond acceptors (Lipinski definition) is 2. The third-order valence-corrected chi connectivity index (χ3v) is 4.07. The molecule has 2 rings (SSSR count). The van der Waals surface area contributed by atoms with E-state index in [9.17, 15) is 4.79 Å². The van der Waals surface area contributed by atoms with Gasteiger partial charge in [-0.2, -0.15) is 0 Å². The molecule has 0 aliphatic carbocycles. The molecule has 3 heteroatoms. The Balaban J connectivity index is 2.13. The lowest BCUT2D eigenvalue weighted by atomic mass is 10.2. The Morgan fingerprint density at radius 1 is 1.32 bits per heavy atom. The molecular weight excluding hydrogens is 274 g/mol. The molecule has 0 saturated carbocycles. The standard InChI is InChI=1S/C19H26NO2/c1-3-8-17-11-13-20(15-17,14-12-19(21)22-4-2)16-18-9-6-5-7-10-18/h3,5-10,15H,4,11-14,16H2,1-2H3/q+1/b8-3+. The minimum absolute atomic E-state index is 0.0963. The van der Waals surface area contributed by atoms with Crippen molar-refractivity contribution in [3.63, 3.8) is 0 Å². The largest absolute Gasteiger partial charge is 0.466 e. The Hall–Kier alpha value is -1.87. The Morgan fingerprint density at radius 2 is 2.09 bits per heavy atom. The zero-order valence-corrected chi connectivity index (χ0v) is 13.6. The van der Waals surface area contributed by atoms with Crippen molar-refractivity contribution in [1.82, 2.24) is 0 Å². The smallest absolute Gasteiger partial charge is 0.311 e. The Labute approximate surface area is 133 Å². The van der Waals surface area contributed by atoms with Crippen LogP contribution in [0.15, 0.2) is 54.3 Å². The van der Waals surface area contributed by atoms with Crippen molar-refractivity contribution >= 4 is 5.97 Å². The molecule has 22 heavy (non-hydrogen) atoms. The van der Waals surface area contributed by atoms with E-state index in [0.29, 0.717) is 13.0 Å². The highest BCUT2D eigenvalue weighted by atomic mass is 16.5. The number of rotatable bonds is 7. The number of carbonyl (C=O) groups excluding carboxylic acids is 1. The van der Waals surface area contributed by atoms with Gasteiger partial charge in [-0.1, -0.05) is 42.5 Å². The maximum absolute atomic E-state index is 11.7. The van der Waals surface area contributed by atoms with Crippen LogP contribution >= 0.6 is 0 Å². The van der Waals surface area contributed by atoms with Crippen molar-refractivity contribution in [2.75, 3.05) is 19.7 Å². The number of allylic oxidation sites excluding steroid dienone is 2. The highest BCUT2D eigenvalue weighted by Gasteiger charge is 2.32. The molecule has 1 atom stereocenters. The van der Waals surface area contributed by atoms with Gasteiger partial charge in [-0.05, 0) is 13.8 Å². The highest BCUT2D eigenvalue weighted by molar-refractivity contribution is 5.69. The predicted octanol–water partition coefficient (Wildman–Crippen LogP) is 3.82. The average molecular weight is 300 g/mol. The molecule has 1 aliphatic heterocycles. The summed E-state index contributed by atoms with van der Waals surface area (Å²) in [6, 6.07) is 10.5. The molecule has 1 aromatic rings. The lowest BCUT2D eigenvalue weighted by Gasteiger charge is -2.31. The first-order valence-electron chi connectivity index (χ1n) is 8.07. The zero-order valence-electron chi connectivity index (χ0n) is 13.6. The second-order valence-corrected chi connectivity index (χ2v) is 5.82. The lowest BCUT2D eigenvalue weighted by molar-refractivity contribution is -0.887. The predicted molar refractivity (Wildman–Crippen MR) is 88.9 cm³/mol. The van der Waals surface area contributed by atoms with Crippen LogP contribution in [0.25, 0.3) is 0 Å². The second-order valence-electron chi connectivity index (χ2n) is 5.82. The van der Waals surface area contributed by atoms with Gasteiger partial charge in [-0.15, -0.1) is 0 Å². The summed E-state index contributed by atoms with van der Waals surface area (Å²) in [5.74, 6) is -0.0963. The van der Waals surface area contributed by atoms with Gasteiger partial charge in [0.15, 0.2) is 0 Å². The molecule has 0 spiro atoms. The molecule has 0 bridgehead atoms. The van der Waals surface area contributed by atoms with Crippen molar-refractivity contribution in [3.8, 4) is 0 Å². The highest BCUT2D eigenvalue weighted by Crippen LogP contribution is 2.28. The van der Waals surface area contributed by atoms with Crippen LogP contribution in [0, 0.1) is 0 Å². The number of hydrogen-bond donors (Lipinski definition) is 0. The summed E-state index contributed by atoms with van der Waals surface area (Å²) in [7, 11) is 0. The van der Waals surface area contributed by atoms with E-state index in [1.54, 1.807) is 0 Å². The number of quaternary nitrogens is 1. The summed E-state index contributed by atoms with van der Waals surface area (Å²) in [6.45, 7) is 7.14. The molecule has 0 N–H and O–H groups in total. The van der Waals surface area contributed by atoms with E-state index < -0.39 is 0 Å². The SMILES string of the molecule is C/C=C/C1=C[N+](CCC(=O)OCC)(Cc2ccccc2)CC1. The van der Waals surface area contributed by atoms with Crippen LogP contribution in [0.5, 0.6) is 0 Å². The number of carbonyl (C=O) groups is 1. The molecule has 1 aromatic carbocycles. The van der Waals surface area contributed by atoms with E-state index in [1.807, 2.05) is 19.9 Å². The van der Waals surface area contributed by atoms with Gasteiger partial charge < -0.3 is 4.74 Å². The molecule has 1 heterocycles. The molecule has 0 radical (unpaired) electrons. The third kappa shape index (κ3) is 4.57.